The molecule has 1 aliphatic heterocycles. The molecule has 0 bridgehead atoms. The molecule has 1 aliphatic rings. The van der Waals surface area contributed by atoms with Crippen molar-refractivity contribution in [1.29, 1.82) is 0 Å². The lowest BCUT2D eigenvalue weighted by Crippen LogP contribution is -2.49. The zero-order valence-electron chi connectivity index (χ0n) is 11.9. The Bertz CT molecular complexity index is 437. The Kier molecular flexibility index (Phi) is 4.70. The molecule has 2 nitrogen and oxygen atoms in total. The molecule has 1 aromatic rings. The summed E-state index contributed by atoms with van der Waals surface area (Å²) >= 11 is 0. The van der Waals surface area contributed by atoms with Gasteiger partial charge in [-0.25, -0.2) is 0 Å². The minimum atomic E-state index is -4.24. The lowest BCUT2D eigenvalue weighted by atomic mass is 9.96. The molecule has 112 valence electrons. The second-order valence-corrected chi connectivity index (χ2v) is 5.55. The second-order valence-electron chi connectivity index (χ2n) is 5.55. The minimum Gasteiger partial charge on any atom is -0.314 e. The number of nitrogens with zero attached hydrogens (tertiary/aromatic N) is 1. The van der Waals surface area contributed by atoms with E-state index < -0.39 is 12.2 Å². The van der Waals surface area contributed by atoms with Crippen molar-refractivity contribution in [2.24, 2.45) is 0 Å². The first-order valence-corrected chi connectivity index (χ1v) is 7.01. The first-order valence-electron chi connectivity index (χ1n) is 7.01. The maximum atomic E-state index is 13.5. The summed E-state index contributed by atoms with van der Waals surface area (Å²) in [6, 6.07) is 5.41. The molecule has 5 heteroatoms. The Hall–Kier alpha value is -1.07. The molecular formula is C15H21F3N2. The van der Waals surface area contributed by atoms with Gasteiger partial charge in [0.2, 0.25) is 0 Å². The monoisotopic (exact) mass is 286 g/mol. The Morgan fingerprint density at radius 2 is 1.70 bits per heavy atom. The Balaban J connectivity index is 2.33. The van der Waals surface area contributed by atoms with Crippen LogP contribution in [0.25, 0.3) is 0 Å². The summed E-state index contributed by atoms with van der Waals surface area (Å²) in [5, 5.41) is 3.09. The summed E-state index contributed by atoms with van der Waals surface area (Å²) in [4.78, 5) is 1.52. The van der Waals surface area contributed by atoms with E-state index in [0.717, 1.165) is 5.56 Å². The molecule has 1 heterocycles. The summed E-state index contributed by atoms with van der Waals surface area (Å²) in [5.41, 5.74) is 1.30. The van der Waals surface area contributed by atoms with Crippen LogP contribution in [0.1, 0.15) is 36.9 Å². The molecule has 1 atom stereocenters. The van der Waals surface area contributed by atoms with Gasteiger partial charge in [-0.1, -0.05) is 38.1 Å². The van der Waals surface area contributed by atoms with E-state index in [1.807, 2.05) is 19.9 Å². The van der Waals surface area contributed by atoms with Gasteiger partial charge in [0.15, 0.2) is 0 Å². The second kappa shape index (κ2) is 6.14. The molecule has 1 aromatic carbocycles. The third-order valence-corrected chi connectivity index (χ3v) is 3.72. The molecule has 0 saturated carbocycles. The smallest absolute Gasteiger partial charge is 0.314 e. The van der Waals surface area contributed by atoms with Crippen LogP contribution in [-0.2, 0) is 0 Å². The first kappa shape index (κ1) is 15.3. The number of alkyl halides is 3. The van der Waals surface area contributed by atoms with E-state index >= 15 is 0 Å². The van der Waals surface area contributed by atoms with Crippen molar-refractivity contribution in [3.8, 4) is 0 Å². The van der Waals surface area contributed by atoms with Gasteiger partial charge in [0, 0.05) is 26.2 Å². The Morgan fingerprint density at radius 3 is 2.25 bits per heavy atom. The van der Waals surface area contributed by atoms with Crippen LogP contribution < -0.4 is 5.32 Å². The normalized spacial score (nSPS) is 19.3. The highest BCUT2D eigenvalue weighted by Gasteiger charge is 2.44. The molecule has 1 N–H and O–H groups in total. The van der Waals surface area contributed by atoms with Crippen LogP contribution in [0.4, 0.5) is 13.2 Å². The molecule has 0 aliphatic carbocycles. The highest BCUT2D eigenvalue weighted by atomic mass is 19.4. The van der Waals surface area contributed by atoms with Crippen LogP contribution in [-0.4, -0.2) is 37.3 Å². The first-order chi connectivity index (χ1) is 9.39. The number of nitrogens with one attached hydrogen (secondary N) is 1. The van der Waals surface area contributed by atoms with Crippen LogP contribution in [0.5, 0.6) is 0 Å². The van der Waals surface area contributed by atoms with Crippen molar-refractivity contribution in [2.75, 3.05) is 26.2 Å². The number of hydrogen-bond donors (Lipinski definition) is 1. The molecule has 1 fully saturated rings. The van der Waals surface area contributed by atoms with Crippen molar-refractivity contribution in [3.63, 3.8) is 0 Å². The molecule has 0 aromatic heterocycles. The third-order valence-electron chi connectivity index (χ3n) is 3.72. The van der Waals surface area contributed by atoms with Gasteiger partial charge >= 0.3 is 6.18 Å². The zero-order valence-corrected chi connectivity index (χ0v) is 11.9. The number of halogens is 3. The van der Waals surface area contributed by atoms with Gasteiger partial charge in [0.25, 0.3) is 0 Å². The van der Waals surface area contributed by atoms with Gasteiger partial charge in [-0.2, -0.15) is 13.2 Å². The van der Waals surface area contributed by atoms with Crippen LogP contribution in [0.15, 0.2) is 24.3 Å². The van der Waals surface area contributed by atoms with E-state index in [1.54, 1.807) is 18.2 Å². The summed E-state index contributed by atoms with van der Waals surface area (Å²) < 4.78 is 40.4. The standard InChI is InChI=1S/C15H21F3N2/c1-11(2)12-4-3-5-13(10-12)14(15(16,17)18)20-8-6-19-7-9-20/h3-5,10-11,14,19H,6-9H2,1-2H3/t14-/m0/s1. The molecule has 0 spiro atoms. The SMILES string of the molecule is CC(C)c1cccc([C@H](N2CCNCC2)C(F)(F)F)c1. The van der Waals surface area contributed by atoms with Gasteiger partial charge in [0.1, 0.15) is 6.04 Å². The number of benzene rings is 1. The lowest BCUT2D eigenvalue weighted by Gasteiger charge is -2.36. The molecule has 1 saturated heterocycles. The van der Waals surface area contributed by atoms with Gasteiger partial charge in [-0.3, -0.25) is 4.90 Å². The van der Waals surface area contributed by atoms with Crippen LogP contribution in [0.2, 0.25) is 0 Å². The van der Waals surface area contributed by atoms with E-state index in [9.17, 15) is 13.2 Å². The fraction of sp³-hybridized carbons (Fsp3) is 0.600. The van der Waals surface area contributed by atoms with Gasteiger partial charge < -0.3 is 5.32 Å². The molecule has 0 amide bonds. The third kappa shape index (κ3) is 3.52. The average molecular weight is 286 g/mol. The molecular weight excluding hydrogens is 265 g/mol. The van der Waals surface area contributed by atoms with Crippen LogP contribution >= 0.6 is 0 Å². The maximum Gasteiger partial charge on any atom is 0.408 e. The summed E-state index contributed by atoms with van der Waals surface area (Å²) in [5.74, 6) is 0.229. The zero-order chi connectivity index (χ0) is 14.8. The van der Waals surface area contributed by atoms with Crippen LogP contribution in [0.3, 0.4) is 0 Å². The van der Waals surface area contributed by atoms with Crippen molar-refractivity contribution in [1.82, 2.24) is 10.2 Å². The Morgan fingerprint density at radius 1 is 1.10 bits per heavy atom. The lowest BCUT2D eigenvalue weighted by molar-refractivity contribution is -0.187. The van der Waals surface area contributed by atoms with Gasteiger partial charge in [0.05, 0.1) is 0 Å². The fourth-order valence-corrected chi connectivity index (χ4v) is 2.64. The van der Waals surface area contributed by atoms with Crippen molar-refractivity contribution in [2.45, 2.75) is 32.0 Å². The van der Waals surface area contributed by atoms with E-state index in [1.165, 1.54) is 4.90 Å². The van der Waals surface area contributed by atoms with Crippen molar-refractivity contribution >= 4 is 0 Å². The van der Waals surface area contributed by atoms with E-state index in [4.69, 9.17) is 0 Å². The largest absolute Gasteiger partial charge is 0.408 e. The average Bonchev–Trinajstić information content (AvgIpc) is 2.39. The molecule has 2 rings (SSSR count). The molecule has 0 unspecified atom stereocenters. The summed E-state index contributed by atoms with van der Waals surface area (Å²) in [6.07, 6.45) is -4.24. The molecule has 0 radical (unpaired) electrons. The minimum absolute atomic E-state index is 0.229. The maximum absolute atomic E-state index is 13.5. The number of piperazine rings is 1. The molecule has 20 heavy (non-hydrogen) atoms. The number of rotatable bonds is 3. The highest BCUT2D eigenvalue weighted by molar-refractivity contribution is 5.29. The van der Waals surface area contributed by atoms with E-state index in [0.29, 0.717) is 31.7 Å². The van der Waals surface area contributed by atoms with E-state index in [-0.39, 0.29) is 5.92 Å². The Labute approximate surface area is 118 Å². The van der Waals surface area contributed by atoms with E-state index in [2.05, 4.69) is 5.32 Å². The topological polar surface area (TPSA) is 15.3 Å². The van der Waals surface area contributed by atoms with Crippen molar-refractivity contribution < 1.29 is 13.2 Å². The van der Waals surface area contributed by atoms with Crippen molar-refractivity contribution in [3.05, 3.63) is 35.4 Å². The quantitative estimate of drug-likeness (QED) is 0.917. The predicted molar refractivity (Wildman–Crippen MR) is 73.8 cm³/mol. The summed E-state index contributed by atoms with van der Waals surface area (Å²) in [6.45, 7) is 6.05. The predicted octanol–water partition coefficient (Wildman–Crippen LogP) is 3.32. The number of hydrogen-bond acceptors (Lipinski definition) is 2. The fourth-order valence-electron chi connectivity index (χ4n) is 2.64. The van der Waals surface area contributed by atoms with Crippen LogP contribution in [0, 0.1) is 0 Å². The summed E-state index contributed by atoms with van der Waals surface area (Å²) in [7, 11) is 0. The highest BCUT2D eigenvalue weighted by Crippen LogP contribution is 2.38. The van der Waals surface area contributed by atoms with Gasteiger partial charge in [-0.05, 0) is 17.0 Å². The van der Waals surface area contributed by atoms with Gasteiger partial charge in [-0.15, -0.1) is 0 Å².